The quantitative estimate of drug-likeness (QED) is 0.849. The van der Waals surface area contributed by atoms with Crippen LogP contribution in [-0.2, 0) is 19.4 Å². The minimum atomic E-state index is 0.526. The lowest BCUT2D eigenvalue weighted by molar-refractivity contribution is 0.655. The van der Waals surface area contributed by atoms with Gasteiger partial charge in [0.05, 0.1) is 23.9 Å². The molecule has 4 heteroatoms. The lowest BCUT2D eigenvalue weighted by atomic mass is 10.0. The Hall–Kier alpha value is -1.68. The molecule has 1 aliphatic rings. The molecule has 2 N–H and O–H groups in total. The second kappa shape index (κ2) is 4.30. The van der Waals surface area contributed by atoms with Gasteiger partial charge >= 0.3 is 0 Å². The molecule has 0 unspecified atom stereocenters. The summed E-state index contributed by atoms with van der Waals surface area (Å²) in [6.45, 7) is 0.526. The Balaban J connectivity index is 2.05. The second-order valence-electron chi connectivity index (χ2n) is 4.47. The predicted molar refractivity (Wildman–Crippen MR) is 65.9 cm³/mol. The normalized spacial score (nSPS) is 14.6. The molecule has 88 valence electrons. The number of aromatic nitrogens is 3. The first-order chi connectivity index (χ1) is 8.38. The Morgan fingerprint density at radius 1 is 1.24 bits per heavy atom. The summed E-state index contributed by atoms with van der Waals surface area (Å²) in [7, 11) is 0. The van der Waals surface area contributed by atoms with E-state index in [2.05, 4.69) is 20.6 Å². The topological polar surface area (TPSA) is 56.7 Å². The third-order valence-electron chi connectivity index (χ3n) is 3.32. The highest BCUT2D eigenvalue weighted by atomic mass is 15.1. The molecule has 17 heavy (non-hydrogen) atoms. The molecule has 4 nitrogen and oxygen atoms in total. The van der Waals surface area contributed by atoms with Gasteiger partial charge < -0.3 is 10.3 Å². The zero-order valence-corrected chi connectivity index (χ0v) is 9.76. The van der Waals surface area contributed by atoms with Crippen LogP contribution in [0.1, 0.15) is 29.8 Å². The van der Waals surface area contributed by atoms with E-state index in [0.717, 1.165) is 24.1 Å². The minimum absolute atomic E-state index is 0.526. The summed E-state index contributed by atoms with van der Waals surface area (Å²) < 4.78 is 2.15. The van der Waals surface area contributed by atoms with E-state index in [4.69, 9.17) is 5.73 Å². The van der Waals surface area contributed by atoms with Gasteiger partial charge in [-0.3, -0.25) is 4.98 Å². The van der Waals surface area contributed by atoms with Crippen LogP contribution >= 0.6 is 0 Å². The minimum Gasteiger partial charge on any atom is -0.326 e. The maximum atomic E-state index is 5.65. The molecule has 0 saturated carbocycles. The highest BCUT2D eigenvalue weighted by molar-refractivity contribution is 5.36. The van der Waals surface area contributed by atoms with Crippen LogP contribution in [0.3, 0.4) is 0 Å². The van der Waals surface area contributed by atoms with Crippen molar-refractivity contribution in [2.75, 3.05) is 0 Å². The van der Waals surface area contributed by atoms with Gasteiger partial charge in [0.15, 0.2) is 0 Å². The fourth-order valence-electron chi connectivity index (χ4n) is 2.41. The summed E-state index contributed by atoms with van der Waals surface area (Å²) in [5.41, 5.74) is 10.4. The van der Waals surface area contributed by atoms with E-state index in [-0.39, 0.29) is 0 Å². The fraction of sp³-hybridized carbons (Fsp3) is 0.385. The van der Waals surface area contributed by atoms with Crippen molar-refractivity contribution >= 4 is 0 Å². The summed E-state index contributed by atoms with van der Waals surface area (Å²) in [6, 6.07) is 2.09. The number of aryl methyl sites for hydroxylation is 1. The molecule has 2 aromatic heterocycles. The maximum Gasteiger partial charge on any atom is 0.0998 e. The standard InChI is InChI=1S/C13H16N4/c14-6-10-5-11(8-15-7-10)17-9-16-12-3-1-2-4-13(12)17/h5,7-9H,1-4,6,14H2. The van der Waals surface area contributed by atoms with Gasteiger partial charge in [-0.05, 0) is 37.3 Å². The molecule has 0 saturated heterocycles. The number of imidazole rings is 1. The molecule has 0 radical (unpaired) electrons. The monoisotopic (exact) mass is 228 g/mol. The molecule has 0 aromatic carbocycles. The van der Waals surface area contributed by atoms with Crippen molar-refractivity contribution in [1.82, 2.24) is 14.5 Å². The number of pyridine rings is 1. The van der Waals surface area contributed by atoms with Crippen molar-refractivity contribution in [3.05, 3.63) is 41.7 Å². The number of nitrogens with two attached hydrogens (primary N) is 1. The van der Waals surface area contributed by atoms with Crippen molar-refractivity contribution in [2.24, 2.45) is 5.73 Å². The molecule has 0 fully saturated rings. The Morgan fingerprint density at radius 2 is 2.12 bits per heavy atom. The van der Waals surface area contributed by atoms with Crippen molar-refractivity contribution in [1.29, 1.82) is 0 Å². The summed E-state index contributed by atoms with van der Waals surface area (Å²) in [5, 5.41) is 0. The second-order valence-corrected chi connectivity index (χ2v) is 4.47. The van der Waals surface area contributed by atoms with E-state index in [1.165, 1.54) is 24.2 Å². The van der Waals surface area contributed by atoms with Crippen LogP contribution in [-0.4, -0.2) is 14.5 Å². The molecule has 0 amide bonds. The van der Waals surface area contributed by atoms with Crippen LogP contribution in [0.2, 0.25) is 0 Å². The summed E-state index contributed by atoms with van der Waals surface area (Å²) in [5.74, 6) is 0. The number of rotatable bonds is 2. The first kappa shape index (κ1) is 10.5. The Kier molecular flexibility index (Phi) is 2.65. The SMILES string of the molecule is NCc1cncc(-n2cnc3c2CCCC3)c1. The van der Waals surface area contributed by atoms with Gasteiger partial charge in [0.2, 0.25) is 0 Å². The van der Waals surface area contributed by atoms with E-state index in [0.29, 0.717) is 6.54 Å². The van der Waals surface area contributed by atoms with E-state index in [1.807, 2.05) is 18.7 Å². The summed E-state index contributed by atoms with van der Waals surface area (Å²) in [4.78, 5) is 8.72. The van der Waals surface area contributed by atoms with Gasteiger partial charge in [-0.25, -0.2) is 4.98 Å². The first-order valence-corrected chi connectivity index (χ1v) is 6.08. The van der Waals surface area contributed by atoms with Gasteiger partial charge in [-0.1, -0.05) is 0 Å². The molecule has 0 spiro atoms. The predicted octanol–water partition coefficient (Wildman–Crippen LogP) is 1.60. The van der Waals surface area contributed by atoms with E-state index in [9.17, 15) is 0 Å². The highest BCUT2D eigenvalue weighted by Crippen LogP contribution is 2.22. The number of nitrogens with zero attached hydrogens (tertiary/aromatic N) is 3. The Morgan fingerprint density at radius 3 is 3.00 bits per heavy atom. The molecule has 1 aliphatic carbocycles. The van der Waals surface area contributed by atoms with Gasteiger partial charge in [0.25, 0.3) is 0 Å². The summed E-state index contributed by atoms with van der Waals surface area (Å²) in [6.07, 6.45) is 10.3. The number of hydrogen-bond donors (Lipinski definition) is 1. The van der Waals surface area contributed by atoms with Crippen molar-refractivity contribution in [3.8, 4) is 5.69 Å². The molecule has 2 aromatic rings. The van der Waals surface area contributed by atoms with Crippen molar-refractivity contribution in [3.63, 3.8) is 0 Å². The molecule has 0 atom stereocenters. The zero-order chi connectivity index (χ0) is 11.7. The van der Waals surface area contributed by atoms with Gasteiger partial charge in [0.1, 0.15) is 0 Å². The maximum absolute atomic E-state index is 5.65. The molecule has 3 rings (SSSR count). The number of hydrogen-bond acceptors (Lipinski definition) is 3. The molecule has 0 aliphatic heterocycles. The fourth-order valence-corrected chi connectivity index (χ4v) is 2.41. The third-order valence-corrected chi connectivity index (χ3v) is 3.32. The van der Waals surface area contributed by atoms with Gasteiger partial charge in [0, 0.05) is 18.4 Å². The molecular weight excluding hydrogens is 212 g/mol. The van der Waals surface area contributed by atoms with Crippen LogP contribution in [0.5, 0.6) is 0 Å². The lowest BCUT2D eigenvalue weighted by Gasteiger charge is -2.14. The van der Waals surface area contributed by atoms with Crippen molar-refractivity contribution < 1.29 is 0 Å². The van der Waals surface area contributed by atoms with Crippen LogP contribution in [0.15, 0.2) is 24.8 Å². The smallest absolute Gasteiger partial charge is 0.0998 e. The number of fused-ring (bicyclic) bond motifs is 1. The average Bonchev–Trinajstić information content (AvgIpc) is 2.82. The molecule has 2 heterocycles. The third kappa shape index (κ3) is 1.85. The first-order valence-electron chi connectivity index (χ1n) is 6.08. The van der Waals surface area contributed by atoms with Crippen molar-refractivity contribution in [2.45, 2.75) is 32.2 Å². The molecular formula is C13H16N4. The highest BCUT2D eigenvalue weighted by Gasteiger charge is 2.16. The molecule has 0 bridgehead atoms. The Labute approximate surface area is 101 Å². The average molecular weight is 228 g/mol. The van der Waals surface area contributed by atoms with E-state index >= 15 is 0 Å². The van der Waals surface area contributed by atoms with Crippen LogP contribution in [0.25, 0.3) is 5.69 Å². The van der Waals surface area contributed by atoms with E-state index in [1.54, 1.807) is 0 Å². The Bertz CT molecular complexity index is 530. The van der Waals surface area contributed by atoms with Gasteiger partial charge in [-0.15, -0.1) is 0 Å². The van der Waals surface area contributed by atoms with Gasteiger partial charge in [-0.2, -0.15) is 0 Å². The van der Waals surface area contributed by atoms with Crippen LogP contribution in [0, 0.1) is 0 Å². The lowest BCUT2D eigenvalue weighted by Crippen LogP contribution is -2.07. The van der Waals surface area contributed by atoms with Crippen LogP contribution in [0.4, 0.5) is 0 Å². The van der Waals surface area contributed by atoms with E-state index < -0.39 is 0 Å². The largest absolute Gasteiger partial charge is 0.326 e. The van der Waals surface area contributed by atoms with Crippen LogP contribution < -0.4 is 5.73 Å². The summed E-state index contributed by atoms with van der Waals surface area (Å²) >= 11 is 0. The zero-order valence-electron chi connectivity index (χ0n) is 9.76.